The molecular weight excluding hydrogens is 238 g/mol. The van der Waals surface area contributed by atoms with Gasteiger partial charge in [0.15, 0.2) is 0 Å². The molecule has 0 spiro atoms. The molecule has 4 heteroatoms. The van der Waals surface area contributed by atoms with Gasteiger partial charge in [0.25, 0.3) is 0 Å². The first-order valence-electron chi connectivity index (χ1n) is 7.45. The third-order valence-electron chi connectivity index (χ3n) is 4.29. The van der Waals surface area contributed by atoms with Crippen LogP contribution in [0.3, 0.4) is 0 Å². The molecule has 0 amide bonds. The van der Waals surface area contributed by atoms with Gasteiger partial charge in [0.2, 0.25) is 0 Å². The maximum Gasteiger partial charge on any atom is 0.118 e. The number of hydrogen-bond acceptors (Lipinski definition) is 4. The summed E-state index contributed by atoms with van der Waals surface area (Å²) in [6.45, 7) is 8.81. The summed E-state index contributed by atoms with van der Waals surface area (Å²) in [5.41, 5.74) is 1.35. The van der Waals surface area contributed by atoms with Crippen LogP contribution >= 0.6 is 0 Å². The Balaban J connectivity index is 1.53. The average molecular weight is 263 g/mol. The van der Waals surface area contributed by atoms with E-state index in [-0.39, 0.29) is 0 Å². The SMILES string of the molecule is CNCc1cc(CN2CCN(C3CC3)CC2)c(C)o1. The highest BCUT2D eigenvalue weighted by Gasteiger charge is 2.31. The Bertz CT molecular complexity index is 417. The van der Waals surface area contributed by atoms with Crippen molar-refractivity contribution in [3.05, 3.63) is 23.2 Å². The lowest BCUT2D eigenvalue weighted by atomic mass is 10.2. The van der Waals surface area contributed by atoms with E-state index in [1.165, 1.54) is 44.6 Å². The molecule has 2 heterocycles. The highest BCUT2D eigenvalue weighted by atomic mass is 16.3. The van der Waals surface area contributed by atoms with E-state index in [0.717, 1.165) is 30.7 Å². The van der Waals surface area contributed by atoms with Crippen LogP contribution in [-0.2, 0) is 13.1 Å². The van der Waals surface area contributed by atoms with Gasteiger partial charge in [0.1, 0.15) is 11.5 Å². The van der Waals surface area contributed by atoms with E-state index in [0.29, 0.717) is 0 Å². The van der Waals surface area contributed by atoms with E-state index in [2.05, 4.69) is 28.1 Å². The van der Waals surface area contributed by atoms with E-state index in [1.54, 1.807) is 0 Å². The fraction of sp³-hybridized carbons (Fsp3) is 0.733. The number of nitrogens with one attached hydrogen (secondary N) is 1. The van der Waals surface area contributed by atoms with Crippen molar-refractivity contribution in [2.75, 3.05) is 33.2 Å². The summed E-state index contributed by atoms with van der Waals surface area (Å²) in [6, 6.07) is 3.12. The molecule has 4 nitrogen and oxygen atoms in total. The van der Waals surface area contributed by atoms with Crippen LogP contribution in [0.2, 0.25) is 0 Å². The van der Waals surface area contributed by atoms with E-state index in [9.17, 15) is 0 Å². The Kier molecular flexibility index (Phi) is 3.91. The molecule has 1 saturated carbocycles. The Morgan fingerprint density at radius 3 is 2.63 bits per heavy atom. The van der Waals surface area contributed by atoms with Crippen LogP contribution in [0.5, 0.6) is 0 Å². The Morgan fingerprint density at radius 1 is 1.26 bits per heavy atom. The van der Waals surface area contributed by atoms with E-state index < -0.39 is 0 Å². The van der Waals surface area contributed by atoms with Crippen LogP contribution in [0.15, 0.2) is 10.5 Å². The zero-order valence-corrected chi connectivity index (χ0v) is 12.1. The van der Waals surface area contributed by atoms with Crippen LogP contribution in [0.1, 0.15) is 29.9 Å². The van der Waals surface area contributed by atoms with Crippen molar-refractivity contribution >= 4 is 0 Å². The molecule has 1 aromatic heterocycles. The van der Waals surface area contributed by atoms with Crippen molar-refractivity contribution in [1.82, 2.24) is 15.1 Å². The van der Waals surface area contributed by atoms with Gasteiger partial charge in [0, 0.05) is 44.3 Å². The number of furan rings is 1. The molecular formula is C15H25N3O. The van der Waals surface area contributed by atoms with Crippen molar-refractivity contribution in [1.29, 1.82) is 0 Å². The summed E-state index contributed by atoms with van der Waals surface area (Å²) in [5.74, 6) is 2.13. The summed E-state index contributed by atoms with van der Waals surface area (Å²) in [7, 11) is 1.95. The predicted molar refractivity (Wildman–Crippen MR) is 76.1 cm³/mol. The minimum atomic E-state index is 0.816. The lowest BCUT2D eigenvalue weighted by molar-refractivity contribution is 0.121. The molecule has 1 N–H and O–H groups in total. The molecule has 0 unspecified atom stereocenters. The molecule has 1 saturated heterocycles. The molecule has 1 aliphatic carbocycles. The fourth-order valence-corrected chi connectivity index (χ4v) is 2.97. The summed E-state index contributed by atoms with van der Waals surface area (Å²) < 4.78 is 5.77. The first kappa shape index (κ1) is 13.2. The smallest absolute Gasteiger partial charge is 0.118 e. The zero-order valence-electron chi connectivity index (χ0n) is 12.1. The monoisotopic (exact) mass is 263 g/mol. The molecule has 2 fully saturated rings. The largest absolute Gasteiger partial charge is 0.465 e. The molecule has 1 aliphatic heterocycles. The van der Waals surface area contributed by atoms with Crippen LogP contribution in [-0.4, -0.2) is 49.1 Å². The van der Waals surface area contributed by atoms with Crippen LogP contribution in [0.4, 0.5) is 0 Å². The molecule has 0 bridgehead atoms. The third kappa shape index (κ3) is 3.19. The van der Waals surface area contributed by atoms with Gasteiger partial charge < -0.3 is 9.73 Å². The number of rotatable bonds is 5. The molecule has 2 aliphatic rings. The number of piperazine rings is 1. The van der Waals surface area contributed by atoms with Crippen LogP contribution in [0.25, 0.3) is 0 Å². The highest BCUT2D eigenvalue weighted by molar-refractivity contribution is 5.20. The Labute approximate surface area is 115 Å². The van der Waals surface area contributed by atoms with Gasteiger partial charge >= 0.3 is 0 Å². The summed E-state index contributed by atoms with van der Waals surface area (Å²) in [5, 5.41) is 3.14. The van der Waals surface area contributed by atoms with E-state index in [1.807, 2.05) is 7.05 Å². The highest BCUT2D eigenvalue weighted by Crippen LogP contribution is 2.27. The number of hydrogen-bond donors (Lipinski definition) is 1. The lowest BCUT2D eigenvalue weighted by Gasteiger charge is -2.34. The standard InChI is InChI=1S/C15H25N3O/c1-12-13(9-15(19-12)10-16-2)11-17-5-7-18(8-6-17)14-3-4-14/h9,14,16H,3-8,10-11H2,1-2H3. The Morgan fingerprint density at radius 2 is 2.00 bits per heavy atom. The second kappa shape index (κ2) is 5.65. The second-order valence-electron chi connectivity index (χ2n) is 5.87. The van der Waals surface area contributed by atoms with Gasteiger partial charge in [-0.25, -0.2) is 0 Å². The summed E-state index contributed by atoms with van der Waals surface area (Å²) in [6.07, 6.45) is 2.85. The minimum Gasteiger partial charge on any atom is -0.465 e. The van der Waals surface area contributed by atoms with Gasteiger partial charge in [0.05, 0.1) is 6.54 Å². The molecule has 0 aromatic carbocycles. The van der Waals surface area contributed by atoms with Crippen LogP contribution < -0.4 is 5.32 Å². The summed E-state index contributed by atoms with van der Waals surface area (Å²) >= 11 is 0. The maximum absolute atomic E-state index is 5.77. The van der Waals surface area contributed by atoms with Crippen molar-refractivity contribution in [3.63, 3.8) is 0 Å². The topological polar surface area (TPSA) is 31.6 Å². The lowest BCUT2D eigenvalue weighted by Crippen LogP contribution is -2.46. The van der Waals surface area contributed by atoms with Gasteiger partial charge in [-0.1, -0.05) is 0 Å². The molecule has 19 heavy (non-hydrogen) atoms. The fourth-order valence-electron chi connectivity index (χ4n) is 2.97. The van der Waals surface area contributed by atoms with Crippen molar-refractivity contribution in [2.24, 2.45) is 0 Å². The predicted octanol–water partition coefficient (Wildman–Crippen LogP) is 1.59. The van der Waals surface area contributed by atoms with Gasteiger partial charge in [-0.05, 0) is 32.9 Å². The second-order valence-corrected chi connectivity index (χ2v) is 5.87. The van der Waals surface area contributed by atoms with E-state index >= 15 is 0 Å². The average Bonchev–Trinajstić information content (AvgIpc) is 3.18. The molecule has 0 radical (unpaired) electrons. The normalized spacial score (nSPS) is 22.0. The zero-order chi connectivity index (χ0) is 13.2. The van der Waals surface area contributed by atoms with Gasteiger partial charge in [-0.3, -0.25) is 9.80 Å². The van der Waals surface area contributed by atoms with Crippen molar-refractivity contribution in [3.8, 4) is 0 Å². The van der Waals surface area contributed by atoms with Crippen LogP contribution in [0, 0.1) is 6.92 Å². The Hall–Kier alpha value is -0.840. The van der Waals surface area contributed by atoms with Gasteiger partial charge in [-0.2, -0.15) is 0 Å². The maximum atomic E-state index is 5.77. The number of aryl methyl sites for hydroxylation is 1. The first-order chi connectivity index (χ1) is 9.26. The van der Waals surface area contributed by atoms with E-state index in [4.69, 9.17) is 4.42 Å². The van der Waals surface area contributed by atoms with Crippen molar-refractivity contribution in [2.45, 2.75) is 38.9 Å². The molecule has 3 rings (SSSR count). The molecule has 106 valence electrons. The quantitative estimate of drug-likeness (QED) is 0.874. The van der Waals surface area contributed by atoms with Crippen molar-refractivity contribution < 1.29 is 4.42 Å². The number of nitrogens with zero attached hydrogens (tertiary/aromatic N) is 2. The summed E-state index contributed by atoms with van der Waals surface area (Å²) in [4.78, 5) is 5.21. The molecule has 0 atom stereocenters. The first-order valence-corrected chi connectivity index (χ1v) is 7.45. The molecule has 1 aromatic rings. The minimum absolute atomic E-state index is 0.816. The third-order valence-corrected chi connectivity index (χ3v) is 4.29. The van der Waals surface area contributed by atoms with Gasteiger partial charge in [-0.15, -0.1) is 0 Å².